The molecule has 0 N–H and O–H groups in total. The van der Waals surface area contributed by atoms with E-state index in [0.29, 0.717) is 37.7 Å². The molecule has 0 aromatic heterocycles. The average molecular weight is 749 g/mol. The molecule has 284 valence electrons. The number of ether oxygens (including phenoxy) is 7. The van der Waals surface area contributed by atoms with Crippen LogP contribution < -0.4 is 14.2 Å². The second kappa shape index (κ2) is 15.1. The number of carbonyl (C=O) groups excluding carboxylic acids is 1. The largest absolute Gasteiger partial charge is 0.489 e. The summed E-state index contributed by atoms with van der Waals surface area (Å²) in [5.74, 6) is 1.83. The standard InChI is InChI=1S/C40H48N2O10S/c1-40(2)42(39(43)51-37-25-48-38-32(37)18-19-46-38)33(20-27-12-14-30(15-13-27)47-24-29-10-4-3-5-11-29)36(52-40)23-41(22-28-8-6-7-9-28)53(44,45)31-16-17-34-35(21-31)50-26-49-34/h3-5,10-17,21,28,32-33,36-38H,6-9,18-20,22-26H2,1-2H3/t32-,33-,36+,37-,38+/m0/s1. The quantitative estimate of drug-likeness (QED) is 0.214. The minimum atomic E-state index is -4.00. The number of hydrogen-bond donors (Lipinski definition) is 0. The Morgan fingerprint density at radius 1 is 0.906 bits per heavy atom. The first-order chi connectivity index (χ1) is 25.6. The minimum absolute atomic E-state index is 0.0305. The first kappa shape index (κ1) is 36.1. The third-order valence-corrected chi connectivity index (χ3v) is 13.0. The Balaban J connectivity index is 1.07. The zero-order valence-corrected chi connectivity index (χ0v) is 31.1. The van der Waals surface area contributed by atoms with Gasteiger partial charge < -0.3 is 33.2 Å². The molecule has 5 atom stereocenters. The molecule has 0 bridgehead atoms. The van der Waals surface area contributed by atoms with E-state index in [4.69, 9.17) is 33.2 Å². The molecule has 4 aliphatic heterocycles. The second-order valence-electron chi connectivity index (χ2n) is 15.1. The van der Waals surface area contributed by atoms with Crippen LogP contribution in [0.2, 0.25) is 0 Å². The summed E-state index contributed by atoms with van der Waals surface area (Å²) in [4.78, 5) is 16.1. The van der Waals surface area contributed by atoms with Gasteiger partial charge in [-0.25, -0.2) is 13.2 Å². The van der Waals surface area contributed by atoms with Gasteiger partial charge in [-0.3, -0.25) is 4.90 Å². The van der Waals surface area contributed by atoms with Gasteiger partial charge in [0.25, 0.3) is 0 Å². The summed E-state index contributed by atoms with van der Waals surface area (Å²) in [6.45, 7) is 5.39. The van der Waals surface area contributed by atoms with Crippen molar-refractivity contribution in [3.8, 4) is 17.2 Å². The highest BCUT2D eigenvalue weighted by Gasteiger charge is 2.53. The number of nitrogens with zero attached hydrogens (tertiary/aromatic N) is 2. The average Bonchev–Trinajstić information content (AvgIpc) is 3.99. The molecule has 0 spiro atoms. The van der Waals surface area contributed by atoms with Gasteiger partial charge in [-0.1, -0.05) is 55.3 Å². The molecule has 5 aliphatic rings. The molecule has 1 saturated carbocycles. The van der Waals surface area contributed by atoms with Crippen molar-refractivity contribution in [2.75, 3.05) is 33.1 Å². The van der Waals surface area contributed by atoms with Crippen molar-refractivity contribution in [1.82, 2.24) is 9.21 Å². The topological polar surface area (TPSA) is 122 Å². The van der Waals surface area contributed by atoms with Gasteiger partial charge in [0.05, 0.1) is 36.2 Å². The Kier molecular flexibility index (Phi) is 10.3. The summed E-state index contributed by atoms with van der Waals surface area (Å²) in [6, 6.07) is 22.0. The maximum atomic E-state index is 14.5. The van der Waals surface area contributed by atoms with E-state index >= 15 is 0 Å². The van der Waals surface area contributed by atoms with E-state index in [1.807, 2.05) is 68.4 Å². The van der Waals surface area contributed by atoms with Crippen molar-refractivity contribution in [3.05, 3.63) is 83.9 Å². The monoisotopic (exact) mass is 748 g/mol. The van der Waals surface area contributed by atoms with Crippen molar-refractivity contribution in [2.45, 2.75) is 94.1 Å². The zero-order valence-electron chi connectivity index (χ0n) is 30.3. The van der Waals surface area contributed by atoms with Gasteiger partial charge in [-0.15, -0.1) is 0 Å². The second-order valence-corrected chi connectivity index (χ2v) is 17.0. The fourth-order valence-electron chi connectivity index (χ4n) is 8.39. The molecular weight excluding hydrogens is 701 g/mol. The number of carbonyl (C=O) groups is 1. The number of fused-ring (bicyclic) bond motifs is 2. The molecule has 13 heteroatoms. The van der Waals surface area contributed by atoms with Gasteiger partial charge in [0.2, 0.25) is 16.8 Å². The van der Waals surface area contributed by atoms with Gasteiger partial charge in [0.1, 0.15) is 24.2 Å². The molecular formula is C40H48N2O10S. The van der Waals surface area contributed by atoms with Crippen LogP contribution in [0.3, 0.4) is 0 Å². The van der Waals surface area contributed by atoms with Gasteiger partial charge in [0, 0.05) is 19.2 Å². The van der Waals surface area contributed by atoms with Gasteiger partial charge in [-0.2, -0.15) is 4.31 Å². The number of amides is 1. The van der Waals surface area contributed by atoms with Crippen LogP contribution in [-0.4, -0.2) is 87.1 Å². The minimum Gasteiger partial charge on any atom is -0.489 e. The zero-order chi connectivity index (χ0) is 36.6. The Labute approximate surface area is 311 Å². The molecule has 3 aromatic carbocycles. The number of benzene rings is 3. The summed E-state index contributed by atoms with van der Waals surface area (Å²) >= 11 is 0. The lowest BCUT2D eigenvalue weighted by Crippen LogP contribution is -2.51. The van der Waals surface area contributed by atoms with Crippen molar-refractivity contribution in [1.29, 1.82) is 0 Å². The first-order valence-corrected chi connectivity index (χ1v) is 20.1. The van der Waals surface area contributed by atoms with E-state index in [2.05, 4.69) is 0 Å². The summed E-state index contributed by atoms with van der Waals surface area (Å²) in [6.07, 6.45) is 3.21. The Morgan fingerprint density at radius 2 is 1.68 bits per heavy atom. The molecule has 0 radical (unpaired) electrons. The molecule has 4 fully saturated rings. The normalized spacial score (nSPS) is 26.3. The lowest BCUT2D eigenvalue weighted by atomic mass is 9.99. The number of hydrogen-bond acceptors (Lipinski definition) is 10. The molecule has 1 aliphatic carbocycles. The fourth-order valence-corrected chi connectivity index (χ4v) is 9.93. The van der Waals surface area contributed by atoms with Crippen LogP contribution in [0.4, 0.5) is 4.79 Å². The summed E-state index contributed by atoms with van der Waals surface area (Å²) in [5.41, 5.74) is 0.915. The van der Waals surface area contributed by atoms with E-state index in [1.54, 1.807) is 21.3 Å². The van der Waals surface area contributed by atoms with Crippen LogP contribution in [-0.2, 0) is 42.0 Å². The maximum absolute atomic E-state index is 14.5. The van der Waals surface area contributed by atoms with E-state index in [0.717, 1.165) is 49.0 Å². The molecule has 0 unspecified atom stereocenters. The van der Waals surface area contributed by atoms with Crippen LogP contribution in [0, 0.1) is 11.8 Å². The predicted octanol–water partition coefficient (Wildman–Crippen LogP) is 6.12. The van der Waals surface area contributed by atoms with E-state index in [9.17, 15) is 13.2 Å². The lowest BCUT2D eigenvalue weighted by Gasteiger charge is -2.34. The van der Waals surface area contributed by atoms with Crippen molar-refractivity contribution in [3.63, 3.8) is 0 Å². The van der Waals surface area contributed by atoms with Crippen molar-refractivity contribution < 1.29 is 46.4 Å². The summed E-state index contributed by atoms with van der Waals surface area (Å²) < 4.78 is 72.0. The highest BCUT2D eigenvalue weighted by molar-refractivity contribution is 7.89. The molecule has 8 rings (SSSR count). The number of sulfonamides is 1. The van der Waals surface area contributed by atoms with Crippen LogP contribution >= 0.6 is 0 Å². The lowest BCUT2D eigenvalue weighted by molar-refractivity contribution is -0.0911. The van der Waals surface area contributed by atoms with E-state index < -0.39 is 40.1 Å². The smallest absolute Gasteiger partial charge is 0.412 e. The number of rotatable bonds is 12. The van der Waals surface area contributed by atoms with Gasteiger partial charge in [-0.05, 0) is 80.8 Å². The Hall–Kier alpha value is -3.88. The maximum Gasteiger partial charge on any atom is 0.412 e. The van der Waals surface area contributed by atoms with Gasteiger partial charge in [0.15, 0.2) is 17.8 Å². The van der Waals surface area contributed by atoms with Gasteiger partial charge >= 0.3 is 6.09 Å². The van der Waals surface area contributed by atoms with E-state index in [1.165, 1.54) is 6.07 Å². The Morgan fingerprint density at radius 3 is 2.47 bits per heavy atom. The summed E-state index contributed by atoms with van der Waals surface area (Å²) in [5, 5.41) is 0. The van der Waals surface area contributed by atoms with Crippen LogP contribution in [0.25, 0.3) is 0 Å². The van der Waals surface area contributed by atoms with Crippen molar-refractivity contribution in [2.24, 2.45) is 11.8 Å². The fraction of sp³-hybridized carbons (Fsp3) is 0.525. The third kappa shape index (κ3) is 7.72. The molecule has 1 amide bonds. The van der Waals surface area contributed by atoms with Crippen molar-refractivity contribution >= 4 is 16.1 Å². The highest BCUT2D eigenvalue weighted by atomic mass is 32.2. The molecule has 12 nitrogen and oxygen atoms in total. The third-order valence-electron chi connectivity index (χ3n) is 11.1. The Bertz CT molecular complexity index is 1850. The first-order valence-electron chi connectivity index (χ1n) is 18.7. The molecule has 3 saturated heterocycles. The summed E-state index contributed by atoms with van der Waals surface area (Å²) in [7, 11) is -4.00. The molecule has 3 aromatic rings. The predicted molar refractivity (Wildman–Crippen MR) is 193 cm³/mol. The molecule has 53 heavy (non-hydrogen) atoms. The SMILES string of the molecule is CC1(C)O[C@H](CN(CC2CCCC2)S(=O)(=O)c2ccc3c(c2)OCO3)[C@H](Cc2ccc(OCc3ccccc3)cc2)N1C(=O)O[C@H]1CO[C@H]2OCC[C@H]21. The van der Waals surface area contributed by atoms with E-state index in [-0.39, 0.29) is 43.0 Å². The van der Waals surface area contributed by atoms with Crippen LogP contribution in [0.15, 0.2) is 77.7 Å². The van der Waals surface area contributed by atoms with Crippen LogP contribution in [0.5, 0.6) is 17.2 Å². The highest BCUT2D eigenvalue weighted by Crippen LogP contribution is 2.40. The molecule has 4 heterocycles. The van der Waals surface area contributed by atoms with Crippen LogP contribution in [0.1, 0.15) is 57.1 Å².